The molecule has 0 aliphatic heterocycles. The summed E-state index contributed by atoms with van der Waals surface area (Å²) in [6.45, 7) is 3.59. The minimum absolute atomic E-state index is 0.0166. The summed E-state index contributed by atoms with van der Waals surface area (Å²) >= 11 is 0. The molecule has 0 spiro atoms. The van der Waals surface area contributed by atoms with Gasteiger partial charge in [-0.25, -0.2) is 4.79 Å². The van der Waals surface area contributed by atoms with Gasteiger partial charge in [0.15, 0.2) is 0 Å². The molecule has 7 nitrogen and oxygen atoms in total. The lowest BCUT2D eigenvalue weighted by Gasteiger charge is -2.28. The predicted molar refractivity (Wildman–Crippen MR) is 152 cm³/mol. The molecule has 2 N–H and O–H groups in total. The molecule has 0 fully saturated rings. The number of nitrogens with zero attached hydrogens (tertiary/aromatic N) is 2. The SMILES string of the molecule is CCCCN(CC(=O)N(CCc1c[nH]c2ccccc12)Cc1ccc(OC)cc1)C(=O)Nc1ccccc1. The summed E-state index contributed by atoms with van der Waals surface area (Å²) in [6.07, 6.45) is 4.47. The number of aromatic amines is 1. The lowest BCUT2D eigenvalue weighted by molar-refractivity contribution is -0.132. The van der Waals surface area contributed by atoms with Crippen molar-refractivity contribution in [3.05, 3.63) is 96.2 Å². The van der Waals surface area contributed by atoms with E-state index in [4.69, 9.17) is 4.74 Å². The van der Waals surface area contributed by atoms with Gasteiger partial charge in [-0.15, -0.1) is 0 Å². The third-order valence-corrected chi connectivity index (χ3v) is 6.63. The highest BCUT2D eigenvalue weighted by atomic mass is 16.5. The number of hydrogen-bond acceptors (Lipinski definition) is 3. The van der Waals surface area contributed by atoms with E-state index in [1.54, 1.807) is 12.0 Å². The molecule has 7 heteroatoms. The van der Waals surface area contributed by atoms with Crippen molar-refractivity contribution in [1.29, 1.82) is 0 Å². The largest absolute Gasteiger partial charge is 0.497 e. The molecule has 0 atom stereocenters. The fourth-order valence-electron chi connectivity index (χ4n) is 4.43. The molecule has 38 heavy (non-hydrogen) atoms. The summed E-state index contributed by atoms with van der Waals surface area (Å²) in [7, 11) is 1.64. The number of aromatic nitrogens is 1. The van der Waals surface area contributed by atoms with Crippen LogP contribution in [0.4, 0.5) is 10.5 Å². The van der Waals surface area contributed by atoms with E-state index in [-0.39, 0.29) is 18.5 Å². The lowest BCUT2D eigenvalue weighted by Crippen LogP contribution is -2.45. The molecule has 0 saturated carbocycles. The molecule has 0 saturated heterocycles. The summed E-state index contributed by atoms with van der Waals surface area (Å²) in [5, 5.41) is 4.09. The van der Waals surface area contributed by atoms with Crippen LogP contribution in [-0.2, 0) is 17.8 Å². The number of carbonyl (C=O) groups excluding carboxylic acids is 2. The zero-order chi connectivity index (χ0) is 26.7. The van der Waals surface area contributed by atoms with E-state index in [9.17, 15) is 9.59 Å². The third kappa shape index (κ3) is 7.16. The van der Waals surface area contributed by atoms with E-state index in [1.807, 2.05) is 77.8 Å². The average Bonchev–Trinajstić information content (AvgIpc) is 3.37. The highest BCUT2D eigenvalue weighted by molar-refractivity contribution is 5.92. The van der Waals surface area contributed by atoms with Crippen molar-refractivity contribution in [2.24, 2.45) is 0 Å². The fraction of sp³-hybridized carbons (Fsp3) is 0.290. The van der Waals surface area contributed by atoms with Gasteiger partial charge in [-0.05, 0) is 54.3 Å². The first-order chi connectivity index (χ1) is 18.6. The van der Waals surface area contributed by atoms with Crippen molar-refractivity contribution in [3.63, 3.8) is 0 Å². The van der Waals surface area contributed by atoms with Crippen LogP contribution >= 0.6 is 0 Å². The molecule has 4 aromatic rings. The van der Waals surface area contributed by atoms with Crippen LogP contribution in [0.15, 0.2) is 85.1 Å². The normalized spacial score (nSPS) is 10.8. The molecule has 1 heterocycles. The van der Waals surface area contributed by atoms with Gasteiger partial charge >= 0.3 is 6.03 Å². The first-order valence-electron chi connectivity index (χ1n) is 13.1. The number of anilines is 1. The summed E-state index contributed by atoms with van der Waals surface area (Å²) in [4.78, 5) is 33.6. The van der Waals surface area contributed by atoms with Crippen LogP contribution in [0.3, 0.4) is 0 Å². The lowest BCUT2D eigenvalue weighted by atomic mass is 10.1. The van der Waals surface area contributed by atoms with Crippen molar-refractivity contribution in [2.45, 2.75) is 32.7 Å². The number of carbonyl (C=O) groups is 2. The number of amides is 3. The summed E-state index contributed by atoms with van der Waals surface area (Å²) < 4.78 is 5.29. The van der Waals surface area contributed by atoms with E-state index in [2.05, 4.69) is 29.4 Å². The average molecular weight is 513 g/mol. The number of H-pyrrole nitrogens is 1. The van der Waals surface area contributed by atoms with Crippen molar-refractivity contribution in [1.82, 2.24) is 14.8 Å². The molecule has 0 radical (unpaired) electrons. The van der Waals surface area contributed by atoms with Crippen LogP contribution in [-0.4, -0.2) is 53.5 Å². The molecule has 0 aliphatic carbocycles. The third-order valence-electron chi connectivity index (χ3n) is 6.63. The number of urea groups is 1. The monoisotopic (exact) mass is 512 g/mol. The highest BCUT2D eigenvalue weighted by Crippen LogP contribution is 2.20. The second kappa shape index (κ2) is 13.3. The maximum Gasteiger partial charge on any atom is 0.322 e. The van der Waals surface area contributed by atoms with Gasteiger partial charge in [-0.3, -0.25) is 4.79 Å². The number of unbranched alkanes of at least 4 members (excludes halogenated alkanes) is 1. The predicted octanol–water partition coefficient (Wildman–Crippen LogP) is 6.08. The topological polar surface area (TPSA) is 77.7 Å². The Bertz CT molecular complexity index is 1320. The minimum atomic E-state index is -0.265. The number of benzene rings is 3. The Labute approximate surface area is 224 Å². The summed E-state index contributed by atoms with van der Waals surface area (Å²) in [5.74, 6) is 0.689. The molecule has 4 rings (SSSR count). The Morgan fingerprint density at radius 2 is 1.63 bits per heavy atom. The Morgan fingerprint density at radius 1 is 0.895 bits per heavy atom. The quantitative estimate of drug-likeness (QED) is 0.241. The van der Waals surface area contributed by atoms with Gasteiger partial charge in [-0.2, -0.15) is 0 Å². The molecule has 0 bridgehead atoms. The Hall–Kier alpha value is -4.26. The van der Waals surface area contributed by atoms with E-state index in [0.717, 1.165) is 40.6 Å². The smallest absolute Gasteiger partial charge is 0.322 e. The Kier molecular flexibility index (Phi) is 9.40. The van der Waals surface area contributed by atoms with Gasteiger partial charge in [0.2, 0.25) is 5.91 Å². The van der Waals surface area contributed by atoms with Gasteiger partial charge in [-0.1, -0.05) is 61.9 Å². The molecule has 1 aromatic heterocycles. The summed E-state index contributed by atoms with van der Waals surface area (Å²) in [5.41, 5.74) is 3.96. The summed E-state index contributed by atoms with van der Waals surface area (Å²) in [6, 6.07) is 25.0. The number of hydrogen-bond donors (Lipinski definition) is 2. The van der Waals surface area contributed by atoms with E-state index in [1.165, 1.54) is 0 Å². The molecule has 0 aliphatic rings. The van der Waals surface area contributed by atoms with E-state index in [0.29, 0.717) is 31.7 Å². The molecule has 3 amide bonds. The number of rotatable bonds is 12. The number of para-hydroxylation sites is 2. The first kappa shape index (κ1) is 26.8. The van der Waals surface area contributed by atoms with Crippen LogP contribution < -0.4 is 10.1 Å². The molecule has 0 unspecified atom stereocenters. The Morgan fingerprint density at radius 3 is 2.37 bits per heavy atom. The van der Waals surface area contributed by atoms with Gasteiger partial charge < -0.3 is 24.8 Å². The van der Waals surface area contributed by atoms with Crippen LogP contribution in [0.25, 0.3) is 10.9 Å². The van der Waals surface area contributed by atoms with Crippen molar-refractivity contribution < 1.29 is 14.3 Å². The highest BCUT2D eigenvalue weighted by Gasteiger charge is 2.22. The number of nitrogens with one attached hydrogen (secondary N) is 2. The number of fused-ring (bicyclic) bond motifs is 1. The van der Waals surface area contributed by atoms with Crippen LogP contribution in [0.2, 0.25) is 0 Å². The van der Waals surface area contributed by atoms with E-state index >= 15 is 0 Å². The molecular weight excluding hydrogens is 476 g/mol. The number of methoxy groups -OCH3 is 1. The maximum absolute atomic E-state index is 13.7. The van der Waals surface area contributed by atoms with Crippen LogP contribution in [0.5, 0.6) is 5.75 Å². The molecule has 3 aromatic carbocycles. The standard InChI is InChI=1S/C31H36N4O3/c1-3-4-19-35(31(37)33-26-10-6-5-7-11-26)23-30(36)34(22-24-14-16-27(38-2)17-15-24)20-18-25-21-32-29-13-9-8-12-28(25)29/h5-17,21,32H,3-4,18-20,22-23H2,1-2H3,(H,33,37). The van der Waals surface area contributed by atoms with Crippen molar-refractivity contribution >= 4 is 28.5 Å². The zero-order valence-electron chi connectivity index (χ0n) is 22.2. The number of ether oxygens (including phenoxy) is 1. The van der Waals surface area contributed by atoms with Gasteiger partial charge in [0.25, 0.3) is 0 Å². The van der Waals surface area contributed by atoms with Crippen molar-refractivity contribution in [3.8, 4) is 5.75 Å². The van der Waals surface area contributed by atoms with Gasteiger partial charge in [0.05, 0.1) is 7.11 Å². The van der Waals surface area contributed by atoms with E-state index < -0.39 is 0 Å². The fourth-order valence-corrected chi connectivity index (χ4v) is 4.43. The van der Waals surface area contributed by atoms with Gasteiger partial charge in [0, 0.05) is 42.4 Å². The second-order valence-electron chi connectivity index (χ2n) is 9.34. The maximum atomic E-state index is 13.7. The first-order valence-corrected chi connectivity index (χ1v) is 13.1. The van der Waals surface area contributed by atoms with Crippen LogP contribution in [0, 0.1) is 0 Å². The van der Waals surface area contributed by atoms with Crippen LogP contribution in [0.1, 0.15) is 30.9 Å². The Balaban J connectivity index is 1.50. The van der Waals surface area contributed by atoms with Gasteiger partial charge in [0.1, 0.15) is 12.3 Å². The molecule has 198 valence electrons. The van der Waals surface area contributed by atoms with Crippen molar-refractivity contribution in [2.75, 3.05) is 32.1 Å². The second-order valence-corrected chi connectivity index (χ2v) is 9.34. The minimum Gasteiger partial charge on any atom is -0.497 e. The molecular formula is C31H36N4O3. The zero-order valence-corrected chi connectivity index (χ0v) is 22.2.